The standard InChI is InChI=1S/C18H21F5N6/c1-2-24-16(25-7-5-12-11-13(19)3-4-14(12)20)27-9-10-28-17-26-8-6-15(29-17)18(21,22)23/h3-4,6,8,11H,2,5,7,9-10H2,1H3,(H2,24,25,27)(H,26,28,29). The minimum atomic E-state index is -4.54. The van der Waals surface area contributed by atoms with E-state index in [0.29, 0.717) is 19.0 Å². The van der Waals surface area contributed by atoms with E-state index in [1.54, 1.807) is 0 Å². The molecule has 2 aromatic rings. The Labute approximate surface area is 164 Å². The fraction of sp³-hybridized carbons (Fsp3) is 0.389. The third kappa shape index (κ3) is 7.51. The van der Waals surface area contributed by atoms with Gasteiger partial charge >= 0.3 is 6.18 Å². The van der Waals surface area contributed by atoms with Gasteiger partial charge in [-0.05, 0) is 43.2 Å². The average Bonchev–Trinajstić information content (AvgIpc) is 2.67. The summed E-state index contributed by atoms with van der Waals surface area (Å²) in [5.74, 6) is -0.704. The number of nitrogens with one attached hydrogen (secondary N) is 3. The summed E-state index contributed by atoms with van der Waals surface area (Å²) in [5.41, 5.74) is -0.796. The van der Waals surface area contributed by atoms with Crippen LogP contribution in [0.2, 0.25) is 0 Å². The van der Waals surface area contributed by atoms with Crippen molar-refractivity contribution in [3.8, 4) is 0 Å². The lowest BCUT2D eigenvalue weighted by Gasteiger charge is -2.12. The summed E-state index contributed by atoms with van der Waals surface area (Å²) in [4.78, 5) is 11.4. The monoisotopic (exact) mass is 416 g/mol. The van der Waals surface area contributed by atoms with Gasteiger partial charge in [0.15, 0.2) is 5.96 Å². The predicted molar refractivity (Wildman–Crippen MR) is 99.6 cm³/mol. The Morgan fingerprint density at radius 2 is 1.90 bits per heavy atom. The second-order valence-electron chi connectivity index (χ2n) is 5.86. The first kappa shape index (κ1) is 22.3. The zero-order chi connectivity index (χ0) is 21.3. The second kappa shape index (κ2) is 10.5. The number of guanidine groups is 1. The van der Waals surface area contributed by atoms with Gasteiger partial charge in [-0.1, -0.05) is 0 Å². The zero-order valence-electron chi connectivity index (χ0n) is 15.7. The third-order valence-corrected chi connectivity index (χ3v) is 3.65. The smallest absolute Gasteiger partial charge is 0.357 e. The molecule has 0 aliphatic heterocycles. The van der Waals surface area contributed by atoms with Crippen molar-refractivity contribution in [3.05, 3.63) is 53.4 Å². The van der Waals surface area contributed by atoms with Gasteiger partial charge in [0.25, 0.3) is 0 Å². The molecule has 29 heavy (non-hydrogen) atoms. The van der Waals surface area contributed by atoms with Gasteiger partial charge in [-0.3, -0.25) is 4.99 Å². The van der Waals surface area contributed by atoms with Crippen molar-refractivity contribution in [1.82, 2.24) is 20.6 Å². The van der Waals surface area contributed by atoms with Gasteiger partial charge in [-0.2, -0.15) is 13.2 Å². The molecule has 0 atom stereocenters. The maximum absolute atomic E-state index is 13.6. The molecule has 0 saturated heterocycles. The van der Waals surface area contributed by atoms with Crippen LogP contribution in [0.3, 0.4) is 0 Å². The summed E-state index contributed by atoms with van der Waals surface area (Å²) in [6, 6.07) is 4.04. The number of halogens is 5. The van der Waals surface area contributed by atoms with Crippen molar-refractivity contribution >= 4 is 11.9 Å². The number of benzene rings is 1. The lowest BCUT2D eigenvalue weighted by atomic mass is 10.1. The quantitative estimate of drug-likeness (QED) is 0.267. The van der Waals surface area contributed by atoms with Gasteiger partial charge < -0.3 is 16.0 Å². The number of aliphatic imine (C=N–C) groups is 1. The molecule has 1 aromatic carbocycles. The summed E-state index contributed by atoms with van der Waals surface area (Å²) < 4.78 is 64.7. The Balaban J connectivity index is 1.83. The summed E-state index contributed by atoms with van der Waals surface area (Å²) in [7, 11) is 0. The molecule has 0 radical (unpaired) electrons. The zero-order valence-corrected chi connectivity index (χ0v) is 15.7. The molecular formula is C18H21F5N6. The molecule has 2 rings (SSSR count). The second-order valence-corrected chi connectivity index (χ2v) is 5.86. The molecule has 0 fully saturated rings. The van der Waals surface area contributed by atoms with E-state index >= 15 is 0 Å². The molecule has 0 unspecified atom stereocenters. The SMILES string of the molecule is CCNC(=NCCc1cc(F)ccc1F)NCCNc1nccc(C(F)(F)F)n1. The van der Waals surface area contributed by atoms with Crippen molar-refractivity contribution in [2.75, 3.05) is 31.5 Å². The van der Waals surface area contributed by atoms with E-state index in [-0.39, 0.29) is 31.0 Å². The minimum absolute atomic E-state index is 0.134. The fourth-order valence-electron chi connectivity index (χ4n) is 2.32. The number of alkyl halides is 3. The van der Waals surface area contributed by atoms with Gasteiger partial charge in [0.2, 0.25) is 5.95 Å². The van der Waals surface area contributed by atoms with Crippen LogP contribution >= 0.6 is 0 Å². The first-order chi connectivity index (χ1) is 13.8. The molecule has 0 amide bonds. The highest BCUT2D eigenvalue weighted by Crippen LogP contribution is 2.27. The van der Waals surface area contributed by atoms with Gasteiger partial charge in [-0.25, -0.2) is 18.7 Å². The molecule has 0 aliphatic carbocycles. The van der Waals surface area contributed by atoms with E-state index < -0.39 is 23.5 Å². The predicted octanol–water partition coefficient (Wildman–Crippen LogP) is 2.98. The lowest BCUT2D eigenvalue weighted by Crippen LogP contribution is -2.39. The van der Waals surface area contributed by atoms with Gasteiger partial charge in [-0.15, -0.1) is 0 Å². The molecule has 6 nitrogen and oxygen atoms in total. The molecule has 3 N–H and O–H groups in total. The summed E-state index contributed by atoms with van der Waals surface area (Å²) in [5, 5.41) is 8.66. The molecule has 1 aromatic heterocycles. The Kier molecular flexibility index (Phi) is 8.10. The van der Waals surface area contributed by atoms with E-state index in [1.165, 1.54) is 0 Å². The number of anilines is 1. The van der Waals surface area contributed by atoms with E-state index in [2.05, 4.69) is 30.9 Å². The number of rotatable bonds is 8. The van der Waals surface area contributed by atoms with Crippen LogP contribution in [0.25, 0.3) is 0 Å². The van der Waals surface area contributed by atoms with Crippen molar-refractivity contribution < 1.29 is 22.0 Å². The van der Waals surface area contributed by atoms with Crippen LogP contribution in [-0.2, 0) is 12.6 Å². The maximum atomic E-state index is 13.6. The minimum Gasteiger partial charge on any atom is -0.357 e. The Bertz CT molecular complexity index is 825. The van der Waals surface area contributed by atoms with E-state index in [0.717, 1.165) is 30.5 Å². The molecular weight excluding hydrogens is 395 g/mol. The Morgan fingerprint density at radius 3 is 2.62 bits per heavy atom. The fourth-order valence-corrected chi connectivity index (χ4v) is 2.32. The molecule has 11 heteroatoms. The highest BCUT2D eigenvalue weighted by atomic mass is 19.4. The number of aromatic nitrogens is 2. The van der Waals surface area contributed by atoms with Gasteiger partial charge in [0, 0.05) is 32.4 Å². The van der Waals surface area contributed by atoms with E-state index in [9.17, 15) is 22.0 Å². The number of hydrogen-bond donors (Lipinski definition) is 3. The molecule has 0 aliphatic rings. The molecule has 0 bridgehead atoms. The molecule has 0 saturated carbocycles. The van der Waals surface area contributed by atoms with E-state index in [4.69, 9.17) is 0 Å². The largest absolute Gasteiger partial charge is 0.433 e. The highest BCUT2D eigenvalue weighted by Gasteiger charge is 2.32. The molecule has 0 spiro atoms. The van der Waals surface area contributed by atoms with Crippen LogP contribution in [0.4, 0.5) is 27.9 Å². The molecule has 1 heterocycles. The summed E-state index contributed by atoms with van der Waals surface area (Å²) in [6.07, 6.45) is -3.29. The van der Waals surface area contributed by atoms with Crippen molar-refractivity contribution in [2.24, 2.45) is 4.99 Å². The van der Waals surface area contributed by atoms with Gasteiger partial charge in [0.05, 0.1) is 0 Å². The summed E-state index contributed by atoms with van der Waals surface area (Å²) in [6.45, 7) is 3.21. The van der Waals surface area contributed by atoms with Crippen molar-refractivity contribution in [2.45, 2.75) is 19.5 Å². The maximum Gasteiger partial charge on any atom is 0.433 e. The Hall–Kier alpha value is -2.98. The summed E-state index contributed by atoms with van der Waals surface area (Å²) >= 11 is 0. The number of hydrogen-bond acceptors (Lipinski definition) is 4. The van der Waals surface area contributed by atoms with Crippen LogP contribution in [-0.4, -0.2) is 42.1 Å². The lowest BCUT2D eigenvalue weighted by molar-refractivity contribution is -0.141. The average molecular weight is 416 g/mol. The first-order valence-corrected chi connectivity index (χ1v) is 8.90. The van der Waals surface area contributed by atoms with Crippen LogP contribution < -0.4 is 16.0 Å². The highest BCUT2D eigenvalue weighted by molar-refractivity contribution is 5.79. The van der Waals surface area contributed by atoms with E-state index in [1.807, 2.05) is 6.92 Å². The number of nitrogens with zero attached hydrogens (tertiary/aromatic N) is 3. The van der Waals surface area contributed by atoms with Crippen LogP contribution in [0.5, 0.6) is 0 Å². The molecule has 158 valence electrons. The van der Waals surface area contributed by atoms with Crippen LogP contribution in [0.15, 0.2) is 35.5 Å². The third-order valence-electron chi connectivity index (χ3n) is 3.65. The topological polar surface area (TPSA) is 74.2 Å². The van der Waals surface area contributed by atoms with Gasteiger partial charge in [0.1, 0.15) is 17.3 Å². The van der Waals surface area contributed by atoms with Crippen LogP contribution in [0, 0.1) is 11.6 Å². The van der Waals surface area contributed by atoms with Crippen molar-refractivity contribution in [1.29, 1.82) is 0 Å². The van der Waals surface area contributed by atoms with Crippen LogP contribution in [0.1, 0.15) is 18.2 Å². The first-order valence-electron chi connectivity index (χ1n) is 8.90. The normalized spacial score (nSPS) is 12.0. The Morgan fingerprint density at radius 1 is 1.10 bits per heavy atom. The van der Waals surface area contributed by atoms with Crippen molar-refractivity contribution in [3.63, 3.8) is 0 Å².